The first-order valence-electron chi connectivity index (χ1n) is 11.3. The SMILES string of the molecule is CS(=N)(=O)c1ccccc1-c1ccc(N2CC[C@@H](NC(=O)Nc3ccc(C(F)(F)F)cc3F)C2=O)c(F)c1F. The van der Waals surface area contributed by atoms with E-state index in [1.165, 1.54) is 30.3 Å². The minimum absolute atomic E-state index is 0.00746. The number of halogens is 6. The van der Waals surface area contributed by atoms with Gasteiger partial charge in [-0.25, -0.2) is 27.0 Å². The number of benzene rings is 3. The molecule has 206 valence electrons. The van der Waals surface area contributed by atoms with Crippen LogP contribution in [-0.4, -0.2) is 35.0 Å². The van der Waals surface area contributed by atoms with Crippen LogP contribution >= 0.6 is 0 Å². The molecule has 1 aliphatic rings. The number of anilines is 2. The molecule has 0 spiro atoms. The fourth-order valence-corrected chi connectivity index (χ4v) is 5.08. The summed E-state index contributed by atoms with van der Waals surface area (Å²) in [6.07, 6.45) is -3.66. The van der Waals surface area contributed by atoms with Gasteiger partial charge in [-0.3, -0.25) is 4.79 Å². The van der Waals surface area contributed by atoms with Gasteiger partial charge in [-0.2, -0.15) is 13.2 Å². The van der Waals surface area contributed by atoms with Crippen molar-refractivity contribution in [1.29, 1.82) is 4.78 Å². The van der Waals surface area contributed by atoms with Crippen LogP contribution in [0.3, 0.4) is 0 Å². The van der Waals surface area contributed by atoms with Crippen LogP contribution in [-0.2, 0) is 20.7 Å². The Hall–Kier alpha value is -4.07. The van der Waals surface area contributed by atoms with E-state index in [2.05, 4.69) is 5.32 Å². The van der Waals surface area contributed by atoms with Gasteiger partial charge in [-0.05, 0) is 42.8 Å². The van der Waals surface area contributed by atoms with Crippen molar-refractivity contribution in [1.82, 2.24) is 5.32 Å². The van der Waals surface area contributed by atoms with Crippen LogP contribution < -0.4 is 15.5 Å². The lowest BCUT2D eigenvalue weighted by molar-refractivity contribution is -0.137. The van der Waals surface area contributed by atoms with E-state index in [4.69, 9.17) is 4.78 Å². The summed E-state index contributed by atoms with van der Waals surface area (Å²) in [7, 11) is -3.27. The number of alkyl halides is 3. The predicted octanol–water partition coefficient (Wildman–Crippen LogP) is 5.75. The average Bonchev–Trinajstić information content (AvgIpc) is 3.20. The zero-order valence-electron chi connectivity index (χ0n) is 20.0. The molecule has 39 heavy (non-hydrogen) atoms. The second-order valence-corrected chi connectivity index (χ2v) is 10.8. The highest BCUT2D eigenvalue weighted by Gasteiger charge is 2.36. The van der Waals surface area contributed by atoms with Crippen LogP contribution in [0.15, 0.2) is 59.5 Å². The van der Waals surface area contributed by atoms with E-state index in [0.717, 1.165) is 23.3 Å². The van der Waals surface area contributed by atoms with Crippen molar-refractivity contribution in [2.75, 3.05) is 23.0 Å². The van der Waals surface area contributed by atoms with Gasteiger partial charge in [0.2, 0.25) is 5.91 Å². The highest BCUT2D eigenvalue weighted by Crippen LogP contribution is 2.35. The molecule has 3 amide bonds. The van der Waals surface area contributed by atoms with Crippen molar-refractivity contribution in [3.63, 3.8) is 0 Å². The van der Waals surface area contributed by atoms with Gasteiger partial charge in [-0.15, -0.1) is 0 Å². The highest BCUT2D eigenvalue weighted by atomic mass is 32.2. The first kappa shape index (κ1) is 28.0. The van der Waals surface area contributed by atoms with E-state index in [0.29, 0.717) is 6.07 Å². The number of carbonyl (C=O) groups is 2. The lowest BCUT2D eigenvalue weighted by Gasteiger charge is -2.20. The molecule has 0 bridgehead atoms. The maximum atomic E-state index is 15.1. The minimum Gasteiger partial charge on any atom is -0.326 e. The van der Waals surface area contributed by atoms with Crippen molar-refractivity contribution in [3.05, 3.63) is 77.6 Å². The van der Waals surface area contributed by atoms with Gasteiger partial charge in [-0.1, -0.05) is 18.2 Å². The van der Waals surface area contributed by atoms with Crippen molar-refractivity contribution in [2.24, 2.45) is 0 Å². The number of urea groups is 1. The molecule has 3 aromatic rings. The standard InChI is InChI=1S/C25H20F6N4O3S/c1-39(32,38)20-5-3-2-4-14(20)15-7-9-19(22(28)21(15)27)35-11-10-18(23(35)36)34-24(37)33-17-8-6-13(12-16(17)26)25(29,30)31/h2-9,12,18,32H,10-11H2,1H3,(H2,33,34,37)/t18-,39?/m1/s1. The molecule has 4 rings (SSSR count). The third-order valence-electron chi connectivity index (χ3n) is 6.01. The van der Waals surface area contributed by atoms with Crippen LogP contribution in [0.4, 0.5) is 42.5 Å². The van der Waals surface area contributed by atoms with E-state index in [-0.39, 0.29) is 35.1 Å². The Labute approximate surface area is 218 Å². The molecule has 3 N–H and O–H groups in total. The zero-order valence-corrected chi connectivity index (χ0v) is 20.9. The number of hydrogen-bond donors (Lipinski definition) is 3. The summed E-state index contributed by atoms with van der Waals surface area (Å²) in [5.41, 5.74) is -2.43. The molecule has 1 saturated heterocycles. The van der Waals surface area contributed by atoms with Crippen molar-refractivity contribution in [3.8, 4) is 11.1 Å². The topological polar surface area (TPSA) is 102 Å². The number of amides is 3. The fourth-order valence-electron chi connectivity index (χ4n) is 4.15. The van der Waals surface area contributed by atoms with Crippen molar-refractivity contribution >= 4 is 33.0 Å². The number of nitrogens with one attached hydrogen (secondary N) is 3. The Kier molecular flexibility index (Phi) is 7.34. The second kappa shape index (κ2) is 10.2. The van der Waals surface area contributed by atoms with Gasteiger partial charge in [0.15, 0.2) is 11.6 Å². The Balaban J connectivity index is 1.50. The third kappa shape index (κ3) is 5.70. The van der Waals surface area contributed by atoms with Gasteiger partial charge >= 0.3 is 12.2 Å². The lowest BCUT2D eigenvalue weighted by atomic mass is 10.0. The largest absolute Gasteiger partial charge is 0.416 e. The monoisotopic (exact) mass is 570 g/mol. The maximum Gasteiger partial charge on any atom is 0.416 e. The maximum absolute atomic E-state index is 15.1. The molecular formula is C25H20F6N4O3S. The fraction of sp³-hybridized carbons (Fsp3) is 0.200. The van der Waals surface area contributed by atoms with E-state index in [1.807, 2.05) is 5.32 Å². The van der Waals surface area contributed by atoms with Gasteiger partial charge in [0.1, 0.15) is 11.9 Å². The van der Waals surface area contributed by atoms with Crippen LogP contribution in [0.1, 0.15) is 12.0 Å². The molecule has 14 heteroatoms. The van der Waals surface area contributed by atoms with Crippen LogP contribution in [0.25, 0.3) is 11.1 Å². The molecule has 0 aromatic heterocycles. The van der Waals surface area contributed by atoms with Crippen molar-refractivity contribution in [2.45, 2.75) is 23.5 Å². The van der Waals surface area contributed by atoms with E-state index in [1.54, 1.807) is 0 Å². The molecule has 1 aliphatic heterocycles. The number of carbonyl (C=O) groups excluding carboxylic acids is 2. The average molecular weight is 571 g/mol. The van der Waals surface area contributed by atoms with Crippen LogP contribution in [0.2, 0.25) is 0 Å². The molecule has 1 unspecified atom stereocenters. The Morgan fingerprint density at radius 1 is 1.03 bits per heavy atom. The molecule has 1 heterocycles. The molecule has 3 aromatic carbocycles. The quantitative estimate of drug-likeness (QED) is 0.341. The normalized spacial score (nSPS) is 17.2. The second-order valence-electron chi connectivity index (χ2n) is 8.72. The lowest BCUT2D eigenvalue weighted by Crippen LogP contribution is -2.43. The molecule has 0 aliphatic carbocycles. The van der Waals surface area contributed by atoms with Crippen LogP contribution in [0, 0.1) is 22.2 Å². The Morgan fingerprint density at radius 2 is 1.72 bits per heavy atom. The van der Waals surface area contributed by atoms with Gasteiger partial charge < -0.3 is 15.5 Å². The summed E-state index contributed by atoms with van der Waals surface area (Å²) in [6.45, 7) is -0.111. The molecular weight excluding hydrogens is 550 g/mol. The number of hydrogen-bond acceptors (Lipinski definition) is 4. The molecule has 2 atom stereocenters. The summed E-state index contributed by atoms with van der Waals surface area (Å²) in [5.74, 6) is -4.85. The van der Waals surface area contributed by atoms with Gasteiger partial charge in [0.05, 0.1) is 31.6 Å². The number of rotatable bonds is 5. The van der Waals surface area contributed by atoms with Gasteiger partial charge in [0.25, 0.3) is 0 Å². The Bertz CT molecular complexity index is 1580. The smallest absolute Gasteiger partial charge is 0.326 e. The van der Waals surface area contributed by atoms with Crippen LogP contribution in [0.5, 0.6) is 0 Å². The van der Waals surface area contributed by atoms with E-state index >= 15 is 8.78 Å². The molecule has 1 fully saturated rings. The first-order chi connectivity index (χ1) is 18.2. The zero-order chi connectivity index (χ0) is 28.7. The minimum atomic E-state index is -4.78. The summed E-state index contributed by atoms with van der Waals surface area (Å²) in [5, 5.41) is 4.26. The number of nitrogens with zero attached hydrogens (tertiary/aromatic N) is 1. The van der Waals surface area contributed by atoms with Crippen molar-refractivity contribution < 1.29 is 40.1 Å². The molecule has 0 saturated carbocycles. The molecule has 0 radical (unpaired) electrons. The highest BCUT2D eigenvalue weighted by molar-refractivity contribution is 7.91. The first-order valence-corrected chi connectivity index (χ1v) is 13.2. The molecule has 7 nitrogen and oxygen atoms in total. The van der Waals surface area contributed by atoms with E-state index < -0.39 is 68.3 Å². The third-order valence-corrected chi connectivity index (χ3v) is 7.20. The summed E-state index contributed by atoms with van der Waals surface area (Å²) >= 11 is 0. The summed E-state index contributed by atoms with van der Waals surface area (Å²) in [4.78, 5) is 26.0. The predicted molar refractivity (Wildman–Crippen MR) is 131 cm³/mol. The van der Waals surface area contributed by atoms with E-state index in [9.17, 15) is 31.4 Å². The van der Waals surface area contributed by atoms with Gasteiger partial charge in [0, 0.05) is 23.9 Å². The summed E-state index contributed by atoms with van der Waals surface area (Å²) < 4.78 is 103. The Morgan fingerprint density at radius 3 is 2.36 bits per heavy atom. The summed E-state index contributed by atoms with van der Waals surface area (Å²) in [6, 6.07) is 7.32.